The molecule has 0 saturated carbocycles. The van der Waals surface area contributed by atoms with Crippen molar-refractivity contribution in [2.24, 2.45) is 5.73 Å². The summed E-state index contributed by atoms with van der Waals surface area (Å²) in [6.07, 6.45) is 3.42. The van der Waals surface area contributed by atoms with Gasteiger partial charge in [-0.2, -0.15) is 8.42 Å². The Bertz CT molecular complexity index is 333. The monoisotopic (exact) mass is 237 g/mol. The van der Waals surface area contributed by atoms with Gasteiger partial charge in [0.05, 0.1) is 6.61 Å². The van der Waals surface area contributed by atoms with E-state index in [4.69, 9.17) is 10.3 Å². The predicted molar refractivity (Wildman–Crippen MR) is 54.3 cm³/mol. The first-order valence-electron chi connectivity index (χ1n) is 4.41. The molecule has 15 heavy (non-hydrogen) atoms. The van der Waals surface area contributed by atoms with E-state index in [2.05, 4.69) is 4.18 Å². The molecule has 0 aliphatic carbocycles. The second-order valence-corrected chi connectivity index (χ2v) is 4.09. The molecule has 1 amide bonds. The van der Waals surface area contributed by atoms with Crippen LogP contribution in [0.1, 0.15) is 26.2 Å². The first-order chi connectivity index (χ1) is 6.83. The lowest BCUT2D eigenvalue weighted by molar-refractivity contribution is -0.114. The molecule has 0 aliphatic heterocycles. The van der Waals surface area contributed by atoms with Crippen molar-refractivity contribution in [1.29, 1.82) is 0 Å². The van der Waals surface area contributed by atoms with E-state index >= 15 is 0 Å². The third kappa shape index (κ3) is 9.39. The molecular weight excluding hydrogens is 222 g/mol. The lowest BCUT2D eigenvalue weighted by Gasteiger charge is -1.98. The lowest BCUT2D eigenvalue weighted by Crippen LogP contribution is -2.11. The smallest absolute Gasteiger partial charge is 0.366 e. The molecule has 0 spiro atoms. The average molecular weight is 237 g/mol. The van der Waals surface area contributed by atoms with Crippen LogP contribution in [0.5, 0.6) is 0 Å². The molecule has 0 aromatic rings. The normalized spacial score (nSPS) is 12.8. The molecule has 0 unspecified atom stereocenters. The molecule has 88 valence electrons. The summed E-state index contributed by atoms with van der Waals surface area (Å²) < 4.78 is 32.6. The number of primary amides is 1. The van der Waals surface area contributed by atoms with Crippen molar-refractivity contribution in [3.05, 3.63) is 11.6 Å². The van der Waals surface area contributed by atoms with Crippen molar-refractivity contribution in [3.8, 4) is 0 Å². The molecule has 6 nitrogen and oxygen atoms in total. The van der Waals surface area contributed by atoms with Gasteiger partial charge in [-0.1, -0.05) is 6.08 Å². The van der Waals surface area contributed by atoms with Crippen molar-refractivity contribution in [3.63, 3.8) is 0 Å². The Labute approximate surface area is 89.1 Å². The van der Waals surface area contributed by atoms with E-state index < -0.39 is 16.3 Å². The Morgan fingerprint density at radius 2 is 2.07 bits per heavy atom. The van der Waals surface area contributed by atoms with Crippen LogP contribution in [0.3, 0.4) is 0 Å². The van der Waals surface area contributed by atoms with Gasteiger partial charge in [-0.15, -0.1) is 0 Å². The number of rotatable bonds is 7. The maximum atomic E-state index is 10.6. The van der Waals surface area contributed by atoms with Crippen LogP contribution in [-0.2, 0) is 19.4 Å². The van der Waals surface area contributed by atoms with Crippen molar-refractivity contribution in [2.45, 2.75) is 26.2 Å². The SMILES string of the molecule is CC(=CCCCCOS(=O)(=O)O)C(N)=O. The van der Waals surface area contributed by atoms with Crippen LogP contribution in [-0.4, -0.2) is 25.5 Å². The molecule has 7 heteroatoms. The standard InChI is InChI=1S/C8H15NO5S/c1-7(8(9)10)5-3-2-4-6-14-15(11,12)13/h5H,2-4,6H2,1H3,(H2,9,10)(H,11,12,13). The Balaban J connectivity index is 3.57. The number of hydrogen-bond acceptors (Lipinski definition) is 4. The van der Waals surface area contributed by atoms with Crippen LogP contribution >= 0.6 is 0 Å². The van der Waals surface area contributed by atoms with Crippen molar-refractivity contribution >= 4 is 16.3 Å². The second kappa shape index (κ2) is 6.54. The Hall–Kier alpha value is -0.920. The van der Waals surface area contributed by atoms with Crippen molar-refractivity contribution in [2.75, 3.05) is 6.61 Å². The summed E-state index contributed by atoms with van der Waals surface area (Å²) in [6, 6.07) is 0. The minimum Gasteiger partial charge on any atom is -0.366 e. The second-order valence-electron chi connectivity index (χ2n) is 3.00. The maximum absolute atomic E-state index is 10.6. The highest BCUT2D eigenvalue weighted by atomic mass is 32.3. The maximum Gasteiger partial charge on any atom is 0.397 e. The van der Waals surface area contributed by atoms with Crippen LogP contribution in [0.15, 0.2) is 11.6 Å². The molecule has 0 saturated heterocycles. The summed E-state index contributed by atoms with van der Waals surface area (Å²) in [4.78, 5) is 10.6. The number of unbranched alkanes of at least 4 members (excludes halogenated alkanes) is 2. The van der Waals surface area contributed by atoms with Gasteiger partial charge in [0.1, 0.15) is 0 Å². The Morgan fingerprint density at radius 1 is 1.47 bits per heavy atom. The number of carbonyl (C=O) groups excluding carboxylic acids is 1. The molecule has 0 radical (unpaired) electrons. The number of nitrogens with two attached hydrogens (primary N) is 1. The fourth-order valence-corrected chi connectivity index (χ4v) is 1.16. The zero-order chi connectivity index (χ0) is 11.9. The zero-order valence-corrected chi connectivity index (χ0v) is 9.29. The van der Waals surface area contributed by atoms with Gasteiger partial charge in [0.15, 0.2) is 0 Å². The van der Waals surface area contributed by atoms with Gasteiger partial charge < -0.3 is 5.73 Å². The van der Waals surface area contributed by atoms with Gasteiger partial charge in [0.25, 0.3) is 0 Å². The van der Waals surface area contributed by atoms with Gasteiger partial charge >= 0.3 is 10.4 Å². The average Bonchev–Trinajstić information content (AvgIpc) is 2.08. The molecule has 0 aliphatic rings. The number of hydrogen-bond donors (Lipinski definition) is 2. The molecule has 0 bridgehead atoms. The first kappa shape index (κ1) is 14.1. The highest BCUT2D eigenvalue weighted by Gasteiger charge is 2.02. The van der Waals surface area contributed by atoms with Gasteiger partial charge in [0.2, 0.25) is 5.91 Å². The zero-order valence-electron chi connectivity index (χ0n) is 8.47. The van der Waals surface area contributed by atoms with Gasteiger partial charge in [0, 0.05) is 5.57 Å². The van der Waals surface area contributed by atoms with E-state index in [0.29, 0.717) is 24.8 Å². The number of carbonyl (C=O) groups is 1. The number of amides is 1. The molecule has 3 N–H and O–H groups in total. The van der Waals surface area contributed by atoms with Crippen LogP contribution in [0, 0.1) is 0 Å². The lowest BCUT2D eigenvalue weighted by atomic mass is 10.2. The van der Waals surface area contributed by atoms with Gasteiger partial charge in [-0.25, -0.2) is 4.18 Å². The van der Waals surface area contributed by atoms with E-state index in [1.54, 1.807) is 13.0 Å². The molecule has 0 aromatic heterocycles. The topological polar surface area (TPSA) is 107 Å². The van der Waals surface area contributed by atoms with E-state index in [1.165, 1.54) is 0 Å². The fourth-order valence-electron chi connectivity index (χ4n) is 0.830. The first-order valence-corrected chi connectivity index (χ1v) is 5.78. The highest BCUT2D eigenvalue weighted by Crippen LogP contribution is 2.02. The van der Waals surface area contributed by atoms with E-state index in [9.17, 15) is 13.2 Å². The van der Waals surface area contributed by atoms with Crippen LogP contribution < -0.4 is 5.73 Å². The van der Waals surface area contributed by atoms with Crippen molar-refractivity contribution < 1.29 is 21.9 Å². The molecule has 0 fully saturated rings. The highest BCUT2D eigenvalue weighted by molar-refractivity contribution is 7.80. The van der Waals surface area contributed by atoms with E-state index in [-0.39, 0.29) is 6.61 Å². The number of allylic oxidation sites excluding steroid dienone is 1. The molecule has 0 atom stereocenters. The van der Waals surface area contributed by atoms with Gasteiger partial charge in [-0.3, -0.25) is 9.35 Å². The minimum absolute atomic E-state index is 0.0672. The Morgan fingerprint density at radius 3 is 2.53 bits per heavy atom. The third-order valence-electron chi connectivity index (χ3n) is 1.67. The van der Waals surface area contributed by atoms with Crippen LogP contribution in [0.25, 0.3) is 0 Å². The molecular formula is C8H15NO5S. The van der Waals surface area contributed by atoms with Crippen LogP contribution in [0.2, 0.25) is 0 Å². The van der Waals surface area contributed by atoms with Crippen molar-refractivity contribution in [1.82, 2.24) is 0 Å². The molecule has 0 rings (SSSR count). The summed E-state index contributed by atoms with van der Waals surface area (Å²) in [6.45, 7) is 1.54. The van der Waals surface area contributed by atoms with Crippen LogP contribution in [0.4, 0.5) is 0 Å². The predicted octanol–water partition coefficient (Wildman–Crippen LogP) is 0.408. The molecule has 0 heterocycles. The quantitative estimate of drug-likeness (QED) is 0.379. The van der Waals surface area contributed by atoms with Gasteiger partial charge in [-0.05, 0) is 26.2 Å². The molecule has 0 aromatic carbocycles. The van der Waals surface area contributed by atoms with E-state index in [0.717, 1.165) is 0 Å². The van der Waals surface area contributed by atoms with E-state index in [1.807, 2.05) is 0 Å². The summed E-state index contributed by atoms with van der Waals surface area (Å²) >= 11 is 0. The third-order valence-corrected chi connectivity index (χ3v) is 2.13. The fraction of sp³-hybridized carbons (Fsp3) is 0.625. The summed E-state index contributed by atoms with van der Waals surface area (Å²) in [7, 11) is -4.33. The summed E-state index contributed by atoms with van der Waals surface area (Å²) in [5.74, 6) is -0.468. The largest absolute Gasteiger partial charge is 0.397 e. The Kier molecular flexibility index (Phi) is 6.14. The summed E-state index contributed by atoms with van der Waals surface area (Å²) in [5.41, 5.74) is 5.47. The minimum atomic E-state index is -4.33. The summed E-state index contributed by atoms with van der Waals surface area (Å²) in [5, 5.41) is 0.